The maximum atomic E-state index is 12.3. The summed E-state index contributed by atoms with van der Waals surface area (Å²) in [6, 6.07) is 10.1. The summed E-state index contributed by atoms with van der Waals surface area (Å²) in [5.41, 5.74) is 3.28. The molecule has 0 spiro atoms. The average Bonchev–Trinajstić information content (AvgIpc) is 2.83. The molecule has 0 saturated heterocycles. The molecular formula is C25H30BrClN4O6. The summed E-state index contributed by atoms with van der Waals surface area (Å²) < 4.78 is 17.2. The van der Waals surface area contributed by atoms with Gasteiger partial charge in [-0.15, -0.1) is 0 Å². The van der Waals surface area contributed by atoms with Gasteiger partial charge in [0.1, 0.15) is 0 Å². The molecule has 3 amide bonds. The van der Waals surface area contributed by atoms with Crippen LogP contribution >= 0.6 is 27.5 Å². The summed E-state index contributed by atoms with van der Waals surface area (Å²) in [7, 11) is 0. The molecule has 0 atom stereocenters. The zero-order valence-electron chi connectivity index (χ0n) is 20.8. The number of carbonyl (C=O) groups is 3. The van der Waals surface area contributed by atoms with Crippen molar-refractivity contribution < 1.29 is 28.6 Å². The fraction of sp³-hybridized carbons (Fsp3) is 0.360. The third-order valence-corrected chi connectivity index (χ3v) is 5.26. The minimum atomic E-state index is -0.893. The van der Waals surface area contributed by atoms with Gasteiger partial charge in [0.25, 0.3) is 5.91 Å². The summed E-state index contributed by atoms with van der Waals surface area (Å²) >= 11 is 9.35. The molecule has 2 aromatic rings. The number of amides is 3. The third kappa shape index (κ3) is 11.2. The molecule has 0 bridgehead atoms. The van der Waals surface area contributed by atoms with E-state index < -0.39 is 11.8 Å². The van der Waals surface area contributed by atoms with E-state index in [2.05, 4.69) is 37.1 Å². The fourth-order valence-electron chi connectivity index (χ4n) is 2.86. The standard InChI is InChI=1S/C25H30BrClN4O6/c1-4-35-21-12-17(14-29-31-25(34)24(33)28-9-6-10-36-16(2)3)11-20(26)23(21)37-15-22(32)30-19-8-5-7-18(27)13-19/h5,7-8,11-14,16H,4,6,9-10,15H2,1-3H3,(H,28,33)(H,30,32)(H,31,34)/b29-14-. The minimum Gasteiger partial charge on any atom is -0.490 e. The number of hydrazone groups is 1. The van der Waals surface area contributed by atoms with Crippen LogP contribution in [0.4, 0.5) is 5.69 Å². The van der Waals surface area contributed by atoms with Gasteiger partial charge in [0, 0.05) is 23.9 Å². The normalized spacial score (nSPS) is 10.9. The Hall–Kier alpha value is -3.15. The van der Waals surface area contributed by atoms with E-state index in [0.29, 0.717) is 58.4 Å². The highest BCUT2D eigenvalue weighted by Crippen LogP contribution is 2.36. The lowest BCUT2D eigenvalue weighted by Crippen LogP contribution is -2.38. The Balaban J connectivity index is 1.92. The number of hydrogen-bond acceptors (Lipinski definition) is 7. The molecular weight excluding hydrogens is 568 g/mol. The van der Waals surface area contributed by atoms with Crippen LogP contribution in [-0.2, 0) is 19.1 Å². The number of halogens is 2. The molecule has 12 heteroatoms. The Labute approximate surface area is 229 Å². The monoisotopic (exact) mass is 596 g/mol. The van der Waals surface area contributed by atoms with Crippen LogP contribution in [0, 0.1) is 0 Å². The summed E-state index contributed by atoms with van der Waals surface area (Å²) in [5.74, 6) is -1.38. The number of nitrogens with one attached hydrogen (secondary N) is 3. The molecule has 3 N–H and O–H groups in total. The summed E-state index contributed by atoms with van der Waals surface area (Å²) in [6.45, 7) is 6.52. The van der Waals surface area contributed by atoms with Crippen molar-refractivity contribution in [3.8, 4) is 11.5 Å². The van der Waals surface area contributed by atoms with Crippen molar-refractivity contribution in [3.05, 3.63) is 51.5 Å². The molecule has 0 aromatic heterocycles. The first-order valence-corrected chi connectivity index (χ1v) is 12.7. The van der Waals surface area contributed by atoms with Crippen LogP contribution in [0.25, 0.3) is 0 Å². The van der Waals surface area contributed by atoms with Gasteiger partial charge in [-0.1, -0.05) is 17.7 Å². The van der Waals surface area contributed by atoms with Gasteiger partial charge in [-0.05, 0) is 79.0 Å². The SMILES string of the molecule is CCOc1cc(/C=N\NC(=O)C(=O)NCCCOC(C)C)cc(Br)c1OCC(=O)Nc1cccc(Cl)c1. The lowest BCUT2D eigenvalue weighted by molar-refractivity contribution is -0.139. The van der Waals surface area contributed by atoms with Crippen LogP contribution in [0.3, 0.4) is 0 Å². The second kappa shape index (κ2) is 15.9. The van der Waals surface area contributed by atoms with Crippen molar-refractivity contribution in [3.63, 3.8) is 0 Å². The van der Waals surface area contributed by atoms with Crippen LogP contribution < -0.4 is 25.5 Å². The quantitative estimate of drug-likeness (QED) is 0.139. The van der Waals surface area contributed by atoms with Gasteiger partial charge in [0.15, 0.2) is 18.1 Å². The Kier molecular flexibility index (Phi) is 12.9. The number of benzene rings is 2. The van der Waals surface area contributed by atoms with E-state index in [9.17, 15) is 14.4 Å². The number of ether oxygens (including phenoxy) is 3. The first-order chi connectivity index (χ1) is 17.7. The highest BCUT2D eigenvalue weighted by atomic mass is 79.9. The van der Waals surface area contributed by atoms with Crippen LogP contribution in [0.15, 0.2) is 46.0 Å². The Morgan fingerprint density at radius 2 is 1.92 bits per heavy atom. The first kappa shape index (κ1) is 30.1. The van der Waals surface area contributed by atoms with Gasteiger partial charge in [-0.3, -0.25) is 14.4 Å². The molecule has 2 rings (SSSR count). The summed E-state index contributed by atoms with van der Waals surface area (Å²) in [5, 5.41) is 9.53. The van der Waals surface area contributed by atoms with E-state index in [1.165, 1.54) is 6.21 Å². The van der Waals surface area contributed by atoms with Crippen LogP contribution in [0.1, 0.15) is 32.8 Å². The Morgan fingerprint density at radius 1 is 1.14 bits per heavy atom. The maximum absolute atomic E-state index is 12.3. The number of rotatable bonds is 13. The van der Waals surface area contributed by atoms with E-state index in [0.717, 1.165) is 0 Å². The smallest absolute Gasteiger partial charge is 0.329 e. The minimum absolute atomic E-state index is 0.108. The number of carbonyl (C=O) groups excluding carboxylic acids is 3. The lowest BCUT2D eigenvalue weighted by Gasteiger charge is -2.14. The Bertz CT molecular complexity index is 1110. The molecule has 0 unspecified atom stereocenters. The van der Waals surface area contributed by atoms with Gasteiger partial charge < -0.3 is 24.8 Å². The van der Waals surface area contributed by atoms with Crippen molar-refractivity contribution in [1.29, 1.82) is 0 Å². The van der Waals surface area contributed by atoms with Crippen molar-refractivity contribution in [2.45, 2.75) is 33.3 Å². The van der Waals surface area contributed by atoms with E-state index >= 15 is 0 Å². The molecule has 10 nitrogen and oxygen atoms in total. The van der Waals surface area contributed by atoms with Gasteiger partial charge in [0.2, 0.25) is 0 Å². The highest BCUT2D eigenvalue weighted by molar-refractivity contribution is 9.10. The number of nitrogens with zero attached hydrogens (tertiary/aromatic N) is 1. The number of hydrogen-bond donors (Lipinski definition) is 3. The molecule has 0 saturated carbocycles. The van der Waals surface area contributed by atoms with E-state index in [4.69, 9.17) is 25.8 Å². The molecule has 0 heterocycles. The summed E-state index contributed by atoms with van der Waals surface area (Å²) in [6.07, 6.45) is 2.05. The zero-order valence-corrected chi connectivity index (χ0v) is 23.1. The van der Waals surface area contributed by atoms with Crippen LogP contribution in [-0.4, -0.2) is 56.4 Å². The average molecular weight is 598 g/mol. The lowest BCUT2D eigenvalue weighted by atomic mass is 10.2. The molecule has 0 radical (unpaired) electrons. The molecule has 0 aliphatic heterocycles. The molecule has 2 aromatic carbocycles. The predicted molar refractivity (Wildman–Crippen MR) is 145 cm³/mol. The van der Waals surface area contributed by atoms with Gasteiger partial charge >= 0.3 is 11.8 Å². The topological polar surface area (TPSA) is 127 Å². The van der Waals surface area contributed by atoms with Crippen molar-refractivity contribution in [2.24, 2.45) is 5.10 Å². The second-order valence-electron chi connectivity index (χ2n) is 7.84. The summed E-state index contributed by atoms with van der Waals surface area (Å²) in [4.78, 5) is 36.1. The van der Waals surface area contributed by atoms with Crippen LogP contribution in [0.5, 0.6) is 11.5 Å². The highest BCUT2D eigenvalue weighted by Gasteiger charge is 2.15. The molecule has 0 fully saturated rings. The molecule has 0 aliphatic rings. The second-order valence-corrected chi connectivity index (χ2v) is 9.13. The van der Waals surface area contributed by atoms with Crippen molar-refractivity contribution in [1.82, 2.24) is 10.7 Å². The number of anilines is 1. The molecule has 37 heavy (non-hydrogen) atoms. The van der Waals surface area contributed by atoms with Crippen LogP contribution in [0.2, 0.25) is 5.02 Å². The predicted octanol–water partition coefficient (Wildman–Crippen LogP) is 3.90. The van der Waals surface area contributed by atoms with E-state index in [1.54, 1.807) is 43.3 Å². The van der Waals surface area contributed by atoms with Gasteiger partial charge in [-0.2, -0.15) is 5.10 Å². The maximum Gasteiger partial charge on any atom is 0.329 e. The van der Waals surface area contributed by atoms with Gasteiger partial charge in [0.05, 0.1) is 23.4 Å². The van der Waals surface area contributed by atoms with Gasteiger partial charge in [-0.25, -0.2) is 5.43 Å². The van der Waals surface area contributed by atoms with E-state index in [1.807, 2.05) is 13.8 Å². The van der Waals surface area contributed by atoms with Crippen molar-refractivity contribution in [2.75, 3.05) is 31.7 Å². The largest absolute Gasteiger partial charge is 0.490 e. The Morgan fingerprint density at radius 3 is 2.62 bits per heavy atom. The fourth-order valence-corrected chi connectivity index (χ4v) is 3.62. The third-order valence-electron chi connectivity index (χ3n) is 4.43. The first-order valence-electron chi connectivity index (χ1n) is 11.6. The van der Waals surface area contributed by atoms with Crippen molar-refractivity contribution >= 4 is 57.2 Å². The van der Waals surface area contributed by atoms with E-state index in [-0.39, 0.29) is 18.6 Å². The molecule has 200 valence electrons. The molecule has 0 aliphatic carbocycles. The zero-order chi connectivity index (χ0) is 27.2.